The molecule has 2 aromatic carbocycles. The number of fused-ring (bicyclic) bond motifs is 1. The predicted molar refractivity (Wildman–Crippen MR) is 126 cm³/mol. The Morgan fingerprint density at radius 1 is 0.875 bits per heavy atom. The molecule has 4 aromatic rings. The molecule has 0 fully saturated rings. The highest BCUT2D eigenvalue weighted by Gasteiger charge is 2.25. The van der Waals surface area contributed by atoms with Gasteiger partial charge in [0.05, 0.1) is 25.2 Å². The molecule has 0 atom stereocenters. The normalized spacial score (nSPS) is 11.5. The van der Waals surface area contributed by atoms with Crippen LogP contribution in [0, 0.1) is 0 Å². The minimum Gasteiger partial charge on any atom is -0.496 e. The van der Waals surface area contributed by atoms with Gasteiger partial charge in [-0.2, -0.15) is 0 Å². The van der Waals surface area contributed by atoms with Gasteiger partial charge < -0.3 is 13.9 Å². The number of H-pyrrole nitrogens is 1. The molecule has 6 heteroatoms. The lowest BCUT2D eigenvalue weighted by molar-refractivity contribution is 0.396. The number of benzene rings is 2. The van der Waals surface area contributed by atoms with E-state index in [1.807, 2.05) is 30.3 Å². The number of hydrogen-bond acceptors (Lipinski definition) is 5. The van der Waals surface area contributed by atoms with Crippen molar-refractivity contribution in [3.8, 4) is 34.1 Å². The smallest absolute Gasteiger partial charge is 0.344 e. The van der Waals surface area contributed by atoms with Crippen molar-refractivity contribution in [2.45, 2.75) is 26.2 Å². The van der Waals surface area contributed by atoms with E-state index in [4.69, 9.17) is 13.9 Å². The molecule has 0 aliphatic rings. The number of aromatic amines is 1. The molecule has 0 saturated carbocycles. The van der Waals surface area contributed by atoms with Crippen molar-refractivity contribution in [1.82, 2.24) is 4.98 Å². The number of aromatic nitrogens is 1. The van der Waals surface area contributed by atoms with E-state index in [0.717, 1.165) is 10.9 Å². The number of pyridine rings is 1. The van der Waals surface area contributed by atoms with Crippen molar-refractivity contribution in [2.24, 2.45) is 0 Å². The quantitative estimate of drug-likeness (QED) is 0.484. The summed E-state index contributed by atoms with van der Waals surface area (Å²) in [6.07, 6.45) is 0. The first-order valence-corrected chi connectivity index (χ1v) is 10.3. The van der Waals surface area contributed by atoms with Gasteiger partial charge >= 0.3 is 5.63 Å². The molecule has 0 spiro atoms. The molecular weight excluding hydrogens is 406 g/mol. The van der Waals surface area contributed by atoms with Crippen molar-refractivity contribution >= 4 is 10.8 Å². The van der Waals surface area contributed by atoms with E-state index in [9.17, 15) is 9.59 Å². The molecule has 0 unspecified atom stereocenters. The first kappa shape index (κ1) is 21.4. The number of hydrogen-bond donors (Lipinski definition) is 1. The van der Waals surface area contributed by atoms with Gasteiger partial charge in [-0.15, -0.1) is 0 Å². The second-order valence-corrected chi connectivity index (χ2v) is 8.61. The number of nitrogens with one attached hydrogen (secondary N) is 1. The lowest BCUT2D eigenvalue weighted by Gasteiger charge is -2.25. The van der Waals surface area contributed by atoms with Gasteiger partial charge in [-0.1, -0.05) is 39.0 Å². The molecule has 0 amide bonds. The Kier molecular flexibility index (Phi) is 5.38. The summed E-state index contributed by atoms with van der Waals surface area (Å²) < 4.78 is 16.6. The third-order valence-electron chi connectivity index (χ3n) is 5.45. The molecule has 0 aliphatic carbocycles. The SMILES string of the molecule is COc1ccc(-c2cc(-c3cc4ccccc4c(=O)o3)c(OC)c(C(C)(C)C)c2)c(=O)[nH]1. The summed E-state index contributed by atoms with van der Waals surface area (Å²) in [6.45, 7) is 6.19. The lowest BCUT2D eigenvalue weighted by Crippen LogP contribution is -2.15. The summed E-state index contributed by atoms with van der Waals surface area (Å²) in [6, 6.07) is 16.3. The van der Waals surface area contributed by atoms with E-state index < -0.39 is 5.63 Å². The van der Waals surface area contributed by atoms with Crippen molar-refractivity contribution in [2.75, 3.05) is 14.2 Å². The molecule has 1 N–H and O–H groups in total. The third kappa shape index (κ3) is 3.80. The van der Waals surface area contributed by atoms with Crippen LogP contribution in [0.15, 0.2) is 68.6 Å². The third-order valence-corrected chi connectivity index (χ3v) is 5.45. The molecule has 32 heavy (non-hydrogen) atoms. The van der Waals surface area contributed by atoms with Gasteiger partial charge in [0.2, 0.25) is 0 Å². The van der Waals surface area contributed by atoms with Gasteiger partial charge in [0, 0.05) is 11.1 Å². The van der Waals surface area contributed by atoms with Crippen LogP contribution < -0.4 is 20.7 Å². The fraction of sp³-hybridized carbons (Fsp3) is 0.231. The minimum absolute atomic E-state index is 0.278. The van der Waals surface area contributed by atoms with E-state index in [1.165, 1.54) is 7.11 Å². The van der Waals surface area contributed by atoms with E-state index in [-0.39, 0.29) is 11.0 Å². The van der Waals surface area contributed by atoms with Gasteiger partial charge in [-0.05, 0) is 52.8 Å². The van der Waals surface area contributed by atoms with Gasteiger partial charge in [-0.25, -0.2) is 4.79 Å². The Morgan fingerprint density at radius 2 is 1.62 bits per heavy atom. The molecule has 2 aromatic heterocycles. The molecule has 164 valence electrons. The van der Waals surface area contributed by atoms with Crippen LogP contribution in [-0.4, -0.2) is 19.2 Å². The minimum atomic E-state index is -0.426. The van der Waals surface area contributed by atoms with Crippen molar-refractivity contribution in [3.05, 3.63) is 80.9 Å². The highest BCUT2D eigenvalue weighted by Crippen LogP contribution is 2.42. The Bertz CT molecular complexity index is 1420. The Morgan fingerprint density at radius 3 is 2.28 bits per heavy atom. The fourth-order valence-electron chi connectivity index (χ4n) is 3.81. The fourth-order valence-corrected chi connectivity index (χ4v) is 3.81. The van der Waals surface area contributed by atoms with Crippen molar-refractivity contribution < 1.29 is 13.9 Å². The molecule has 2 heterocycles. The van der Waals surface area contributed by atoms with Crippen LogP contribution in [0.5, 0.6) is 11.6 Å². The van der Waals surface area contributed by atoms with Crippen LogP contribution >= 0.6 is 0 Å². The van der Waals surface area contributed by atoms with E-state index in [2.05, 4.69) is 25.8 Å². The zero-order chi connectivity index (χ0) is 23.0. The highest BCUT2D eigenvalue weighted by molar-refractivity contribution is 5.86. The highest BCUT2D eigenvalue weighted by atomic mass is 16.5. The Labute approximate surface area is 185 Å². The first-order valence-electron chi connectivity index (χ1n) is 10.3. The average molecular weight is 431 g/mol. The summed E-state index contributed by atoms with van der Waals surface area (Å²) in [5, 5.41) is 1.28. The summed E-state index contributed by atoms with van der Waals surface area (Å²) in [7, 11) is 3.09. The molecule has 0 radical (unpaired) electrons. The lowest BCUT2D eigenvalue weighted by atomic mass is 9.82. The van der Waals surface area contributed by atoms with Gasteiger partial charge in [0.15, 0.2) is 5.88 Å². The summed E-state index contributed by atoms with van der Waals surface area (Å²) in [4.78, 5) is 28.1. The first-order chi connectivity index (χ1) is 15.2. The number of ether oxygens (including phenoxy) is 2. The van der Waals surface area contributed by atoms with Gasteiger partial charge in [0.1, 0.15) is 11.5 Å². The molecular formula is C26H25NO5. The zero-order valence-corrected chi connectivity index (χ0v) is 18.7. The van der Waals surface area contributed by atoms with E-state index >= 15 is 0 Å². The van der Waals surface area contributed by atoms with Crippen LogP contribution in [-0.2, 0) is 5.41 Å². The summed E-state index contributed by atoms with van der Waals surface area (Å²) in [5.74, 6) is 1.36. The summed E-state index contributed by atoms with van der Waals surface area (Å²) >= 11 is 0. The van der Waals surface area contributed by atoms with E-state index in [0.29, 0.717) is 39.5 Å². The van der Waals surface area contributed by atoms with Crippen LogP contribution in [0.2, 0.25) is 0 Å². The van der Waals surface area contributed by atoms with Crippen LogP contribution in [0.3, 0.4) is 0 Å². The topological polar surface area (TPSA) is 81.5 Å². The number of methoxy groups -OCH3 is 2. The van der Waals surface area contributed by atoms with Crippen LogP contribution in [0.4, 0.5) is 0 Å². The second kappa shape index (κ2) is 8.04. The maximum atomic E-state index is 12.8. The van der Waals surface area contributed by atoms with E-state index in [1.54, 1.807) is 31.4 Å². The Balaban J connectivity index is 2.05. The van der Waals surface area contributed by atoms with Gasteiger partial charge in [0.25, 0.3) is 5.56 Å². The van der Waals surface area contributed by atoms with Crippen LogP contribution in [0.1, 0.15) is 26.3 Å². The molecule has 0 bridgehead atoms. The standard InChI is InChI=1S/C26H25NO5/c1-26(2,3)20-13-16(17-10-11-22(30-4)27-24(17)28)12-19(23(20)31-5)21-14-15-8-6-7-9-18(15)25(29)32-21/h6-14H,1-5H3,(H,27,28). The summed E-state index contributed by atoms with van der Waals surface area (Å²) in [5.41, 5.74) is 1.65. The molecule has 0 saturated heterocycles. The van der Waals surface area contributed by atoms with Crippen LogP contribution in [0.25, 0.3) is 33.2 Å². The zero-order valence-electron chi connectivity index (χ0n) is 18.7. The molecule has 0 aliphatic heterocycles. The van der Waals surface area contributed by atoms with Crippen molar-refractivity contribution in [1.29, 1.82) is 0 Å². The maximum Gasteiger partial charge on any atom is 0.344 e. The maximum absolute atomic E-state index is 12.8. The second-order valence-electron chi connectivity index (χ2n) is 8.61. The monoisotopic (exact) mass is 431 g/mol. The largest absolute Gasteiger partial charge is 0.496 e. The predicted octanol–water partition coefficient (Wildman–Crippen LogP) is 5.13. The van der Waals surface area contributed by atoms with Gasteiger partial charge in [-0.3, -0.25) is 9.78 Å². The molecule has 6 nitrogen and oxygen atoms in total. The molecule has 4 rings (SSSR count). The average Bonchev–Trinajstić information content (AvgIpc) is 2.77. The Hall–Kier alpha value is -3.80. The van der Waals surface area contributed by atoms with Crippen molar-refractivity contribution in [3.63, 3.8) is 0 Å². The number of rotatable bonds is 4.